The van der Waals surface area contributed by atoms with Gasteiger partial charge in [0.1, 0.15) is 0 Å². The zero-order valence-corrected chi connectivity index (χ0v) is 11.8. The van der Waals surface area contributed by atoms with Crippen LogP contribution in [0.5, 0.6) is 0 Å². The molecule has 1 fully saturated rings. The third-order valence-electron chi connectivity index (χ3n) is 4.54. The fourth-order valence-corrected chi connectivity index (χ4v) is 3.15. The number of hydrogen-bond acceptors (Lipinski definition) is 3. The molecule has 1 saturated heterocycles. The van der Waals surface area contributed by atoms with E-state index in [1.807, 2.05) is 56.3 Å². The average molecular weight is 278 g/mol. The summed E-state index contributed by atoms with van der Waals surface area (Å²) in [6.07, 6.45) is -0.665. The van der Waals surface area contributed by atoms with Crippen LogP contribution in [0.25, 0.3) is 0 Å². The summed E-state index contributed by atoms with van der Waals surface area (Å²) in [4.78, 5) is 25.5. The van der Waals surface area contributed by atoms with Gasteiger partial charge in [0.15, 0.2) is 17.5 Å². The Morgan fingerprint density at radius 3 is 2.24 bits per heavy atom. The topological polar surface area (TPSA) is 46.7 Å². The molecule has 0 N–H and O–H groups in total. The molecule has 1 heterocycles. The third-order valence-corrected chi connectivity index (χ3v) is 4.54. The molecular weight excluding hydrogens is 264 g/mol. The summed E-state index contributed by atoms with van der Waals surface area (Å²) in [5.74, 6) is -0.187. The summed E-state index contributed by atoms with van der Waals surface area (Å²) in [5.41, 5.74) is 2.68. The van der Waals surface area contributed by atoms with Crippen molar-refractivity contribution in [2.75, 3.05) is 0 Å². The van der Waals surface area contributed by atoms with Gasteiger partial charge in [0, 0.05) is 11.1 Å². The van der Waals surface area contributed by atoms with E-state index >= 15 is 0 Å². The number of benzene rings is 2. The summed E-state index contributed by atoms with van der Waals surface area (Å²) >= 11 is 0. The summed E-state index contributed by atoms with van der Waals surface area (Å²) in [6.45, 7) is 3.89. The molecule has 2 aromatic carbocycles. The number of fused-ring (bicyclic) bond motifs is 2. The molecule has 0 aromatic heterocycles. The SMILES string of the molecule is Cc1cc2c(cc1C)C(=O)C1(c3ccccc3)OC1C2=O. The Kier molecular flexibility index (Phi) is 2.31. The quantitative estimate of drug-likeness (QED) is 0.753. The Hall–Kier alpha value is -2.26. The lowest BCUT2D eigenvalue weighted by Crippen LogP contribution is -2.35. The summed E-state index contributed by atoms with van der Waals surface area (Å²) in [6, 6.07) is 12.9. The zero-order chi connectivity index (χ0) is 14.8. The normalized spacial score (nSPS) is 26.3. The Morgan fingerprint density at radius 1 is 0.952 bits per heavy atom. The fourth-order valence-electron chi connectivity index (χ4n) is 3.15. The maximum absolute atomic E-state index is 12.9. The van der Waals surface area contributed by atoms with Crippen molar-refractivity contribution in [2.24, 2.45) is 0 Å². The first-order chi connectivity index (χ1) is 10.1. The van der Waals surface area contributed by atoms with Gasteiger partial charge in [-0.1, -0.05) is 30.3 Å². The number of carbonyl (C=O) groups excluding carboxylic acids is 2. The largest absolute Gasteiger partial charge is 0.343 e. The number of hydrogen-bond donors (Lipinski definition) is 0. The van der Waals surface area contributed by atoms with Gasteiger partial charge in [0.25, 0.3) is 0 Å². The van der Waals surface area contributed by atoms with Crippen LogP contribution in [0.1, 0.15) is 37.4 Å². The van der Waals surface area contributed by atoms with Crippen molar-refractivity contribution < 1.29 is 14.3 Å². The minimum Gasteiger partial charge on any atom is -0.343 e. The van der Waals surface area contributed by atoms with Crippen molar-refractivity contribution in [3.63, 3.8) is 0 Å². The van der Waals surface area contributed by atoms with Crippen LogP contribution in [0, 0.1) is 13.8 Å². The Labute approximate surface area is 122 Å². The molecule has 0 bridgehead atoms. The van der Waals surface area contributed by atoms with Crippen LogP contribution in [0.15, 0.2) is 42.5 Å². The first-order valence-corrected chi connectivity index (χ1v) is 6.99. The van der Waals surface area contributed by atoms with Crippen molar-refractivity contribution >= 4 is 11.6 Å². The van der Waals surface area contributed by atoms with Crippen LogP contribution in [0.4, 0.5) is 0 Å². The predicted molar refractivity (Wildman–Crippen MR) is 77.6 cm³/mol. The van der Waals surface area contributed by atoms with E-state index in [2.05, 4.69) is 0 Å². The van der Waals surface area contributed by atoms with Crippen LogP contribution in [0.3, 0.4) is 0 Å². The molecule has 104 valence electrons. The van der Waals surface area contributed by atoms with Gasteiger partial charge >= 0.3 is 0 Å². The molecule has 21 heavy (non-hydrogen) atoms. The Bertz CT molecular complexity index is 792. The molecule has 0 radical (unpaired) electrons. The highest BCUT2D eigenvalue weighted by atomic mass is 16.6. The van der Waals surface area contributed by atoms with Gasteiger partial charge in [-0.2, -0.15) is 0 Å². The van der Waals surface area contributed by atoms with E-state index < -0.39 is 11.7 Å². The lowest BCUT2D eigenvalue weighted by Gasteiger charge is -2.20. The Balaban J connectivity index is 1.93. The monoisotopic (exact) mass is 278 g/mol. The van der Waals surface area contributed by atoms with Gasteiger partial charge in [-0.05, 0) is 42.7 Å². The van der Waals surface area contributed by atoms with Gasteiger partial charge in [-0.25, -0.2) is 0 Å². The highest BCUT2D eigenvalue weighted by molar-refractivity contribution is 6.23. The van der Waals surface area contributed by atoms with E-state index in [1.54, 1.807) is 0 Å². The van der Waals surface area contributed by atoms with Gasteiger partial charge < -0.3 is 4.74 Å². The maximum Gasteiger partial charge on any atom is 0.203 e. The van der Waals surface area contributed by atoms with Gasteiger partial charge in [0.05, 0.1) is 0 Å². The molecule has 0 spiro atoms. The van der Waals surface area contributed by atoms with E-state index in [1.165, 1.54) is 0 Å². The number of epoxide rings is 1. The van der Waals surface area contributed by atoms with Gasteiger partial charge in [-0.15, -0.1) is 0 Å². The van der Waals surface area contributed by atoms with Crippen LogP contribution in [-0.2, 0) is 10.3 Å². The summed E-state index contributed by atoms with van der Waals surface area (Å²) in [7, 11) is 0. The highest BCUT2D eigenvalue weighted by Gasteiger charge is 2.69. The molecule has 2 aliphatic rings. The van der Waals surface area contributed by atoms with Crippen LogP contribution in [0.2, 0.25) is 0 Å². The second-order valence-corrected chi connectivity index (χ2v) is 5.77. The molecule has 1 aliphatic carbocycles. The van der Waals surface area contributed by atoms with Crippen LogP contribution < -0.4 is 0 Å². The van der Waals surface area contributed by atoms with Crippen LogP contribution >= 0.6 is 0 Å². The highest BCUT2D eigenvalue weighted by Crippen LogP contribution is 2.53. The Morgan fingerprint density at radius 2 is 1.57 bits per heavy atom. The molecule has 2 atom stereocenters. The second-order valence-electron chi connectivity index (χ2n) is 5.77. The zero-order valence-electron chi connectivity index (χ0n) is 11.8. The van der Waals surface area contributed by atoms with Gasteiger partial charge in [-0.3, -0.25) is 9.59 Å². The number of ketones is 2. The predicted octanol–water partition coefficient (Wildman–Crippen LogP) is 2.98. The minimum absolute atomic E-state index is 0.0865. The fraction of sp³-hybridized carbons (Fsp3) is 0.222. The third kappa shape index (κ3) is 1.47. The van der Waals surface area contributed by atoms with Crippen molar-refractivity contribution in [1.29, 1.82) is 0 Å². The van der Waals surface area contributed by atoms with E-state index in [0.717, 1.165) is 16.7 Å². The van der Waals surface area contributed by atoms with Crippen LogP contribution in [-0.4, -0.2) is 17.7 Å². The molecule has 3 nitrogen and oxygen atoms in total. The number of aryl methyl sites for hydroxylation is 2. The number of Topliss-reactive ketones (excluding diaryl/α,β-unsaturated/α-hetero) is 2. The van der Waals surface area contributed by atoms with E-state index in [4.69, 9.17) is 4.74 Å². The maximum atomic E-state index is 12.9. The molecule has 0 saturated carbocycles. The molecule has 2 aromatic rings. The van der Waals surface area contributed by atoms with E-state index in [-0.39, 0.29) is 11.6 Å². The van der Waals surface area contributed by atoms with Crippen molar-refractivity contribution in [1.82, 2.24) is 0 Å². The number of ether oxygens (including phenoxy) is 1. The lowest BCUT2D eigenvalue weighted by atomic mass is 9.77. The summed E-state index contributed by atoms with van der Waals surface area (Å²) in [5, 5.41) is 0. The molecule has 4 rings (SSSR count). The molecular formula is C18H14O3. The molecule has 1 aliphatic heterocycles. The minimum atomic E-state index is -1.09. The number of rotatable bonds is 1. The average Bonchev–Trinajstić information content (AvgIpc) is 3.25. The second kappa shape index (κ2) is 3.89. The van der Waals surface area contributed by atoms with Crippen molar-refractivity contribution in [3.8, 4) is 0 Å². The van der Waals surface area contributed by atoms with Gasteiger partial charge in [0.2, 0.25) is 5.78 Å². The lowest BCUT2D eigenvalue weighted by molar-refractivity contribution is 0.0859. The molecule has 2 unspecified atom stereocenters. The van der Waals surface area contributed by atoms with Crippen molar-refractivity contribution in [2.45, 2.75) is 25.6 Å². The standard InChI is InChI=1S/C18H14O3/c1-10-8-13-14(9-11(10)2)16(20)18(17(21-18)15(13)19)12-6-4-3-5-7-12/h3-9,17H,1-2H3. The van der Waals surface area contributed by atoms with Crippen molar-refractivity contribution in [3.05, 3.63) is 70.3 Å². The van der Waals surface area contributed by atoms with E-state index in [0.29, 0.717) is 11.1 Å². The smallest absolute Gasteiger partial charge is 0.203 e. The summed E-state index contributed by atoms with van der Waals surface area (Å²) < 4.78 is 5.64. The molecule has 0 amide bonds. The van der Waals surface area contributed by atoms with E-state index in [9.17, 15) is 9.59 Å². The number of carbonyl (C=O) groups is 2. The first-order valence-electron chi connectivity index (χ1n) is 6.99. The molecule has 3 heteroatoms. The first kappa shape index (κ1) is 12.5.